The van der Waals surface area contributed by atoms with Crippen molar-refractivity contribution in [3.63, 3.8) is 0 Å². The van der Waals surface area contributed by atoms with E-state index >= 15 is 0 Å². The van der Waals surface area contributed by atoms with Gasteiger partial charge in [-0.2, -0.15) is 0 Å². The van der Waals surface area contributed by atoms with E-state index in [1.54, 1.807) is 11.8 Å². The first-order chi connectivity index (χ1) is 13.8. The van der Waals surface area contributed by atoms with Gasteiger partial charge in [0.1, 0.15) is 0 Å². The van der Waals surface area contributed by atoms with Gasteiger partial charge in [-0.05, 0) is 41.8 Å². The Labute approximate surface area is 173 Å². The highest BCUT2D eigenvalue weighted by Crippen LogP contribution is 2.38. The Morgan fingerprint density at radius 3 is 2.75 bits per heavy atom. The lowest BCUT2D eigenvalue weighted by atomic mass is 10.2. The monoisotopic (exact) mass is 417 g/mol. The predicted octanol–water partition coefficient (Wildman–Crippen LogP) is 4.79. The first kappa shape index (κ1) is 19.4. The van der Waals surface area contributed by atoms with Crippen LogP contribution in [0.1, 0.15) is 57.3 Å². The zero-order valence-electron chi connectivity index (χ0n) is 16.0. The molecule has 1 saturated carbocycles. The average Bonchev–Trinajstić information content (AvgIpc) is 3.45. The van der Waals surface area contributed by atoms with Gasteiger partial charge in [0, 0.05) is 18.2 Å². The van der Waals surface area contributed by atoms with Crippen LogP contribution in [0.25, 0.3) is 11.4 Å². The summed E-state index contributed by atoms with van der Waals surface area (Å²) >= 11 is 8.10. The fraction of sp³-hybridized carbons (Fsp3) is 0.526. The van der Waals surface area contributed by atoms with Crippen LogP contribution >= 0.6 is 23.4 Å². The van der Waals surface area contributed by atoms with Gasteiger partial charge in [-0.25, -0.2) is 4.68 Å². The van der Waals surface area contributed by atoms with Gasteiger partial charge < -0.3 is 0 Å². The van der Waals surface area contributed by atoms with E-state index in [-0.39, 0.29) is 0 Å². The molecule has 0 aliphatic heterocycles. The minimum atomic E-state index is 0.417. The molecule has 1 fully saturated rings. The molecule has 7 nitrogen and oxygen atoms in total. The van der Waals surface area contributed by atoms with Gasteiger partial charge in [0.05, 0.1) is 10.8 Å². The first-order valence-electron chi connectivity index (χ1n) is 9.85. The molecule has 9 heteroatoms. The van der Waals surface area contributed by atoms with E-state index in [0.717, 1.165) is 54.6 Å². The van der Waals surface area contributed by atoms with E-state index in [1.165, 1.54) is 12.8 Å². The summed E-state index contributed by atoms with van der Waals surface area (Å²) in [6.07, 6.45) is 6.96. The minimum Gasteiger partial charge on any atom is -0.299 e. The zero-order valence-corrected chi connectivity index (χ0v) is 17.5. The van der Waals surface area contributed by atoms with E-state index in [9.17, 15) is 0 Å². The number of aryl methyl sites for hydroxylation is 1. The number of rotatable bonds is 8. The third-order valence-corrected chi connectivity index (χ3v) is 6.40. The summed E-state index contributed by atoms with van der Waals surface area (Å²) in [4.78, 5) is 0. The summed E-state index contributed by atoms with van der Waals surface area (Å²) in [6.45, 7) is 3.01. The summed E-state index contributed by atoms with van der Waals surface area (Å²) in [5.74, 6) is 2.40. The maximum absolute atomic E-state index is 6.46. The Morgan fingerprint density at radius 1 is 1.14 bits per heavy atom. The van der Waals surface area contributed by atoms with Crippen molar-refractivity contribution < 1.29 is 0 Å². The van der Waals surface area contributed by atoms with Gasteiger partial charge in [-0.1, -0.05) is 61.7 Å². The van der Waals surface area contributed by atoms with Gasteiger partial charge >= 0.3 is 0 Å². The van der Waals surface area contributed by atoms with Crippen LogP contribution in [-0.2, 0) is 12.3 Å². The highest BCUT2D eigenvalue weighted by Gasteiger charge is 2.26. The van der Waals surface area contributed by atoms with Crippen LogP contribution < -0.4 is 0 Å². The molecule has 4 rings (SSSR count). The van der Waals surface area contributed by atoms with Crippen LogP contribution in [0.15, 0.2) is 29.4 Å². The number of aromatic nitrogens is 7. The molecule has 2 heterocycles. The molecule has 0 bridgehead atoms. The lowest BCUT2D eigenvalue weighted by Crippen LogP contribution is -2.09. The first-order valence-corrected chi connectivity index (χ1v) is 11.2. The SMILES string of the molecule is CCCCn1nnnc1CSc1nnc(-c2ccccc2Cl)n1C1CCCC1. The lowest BCUT2D eigenvalue weighted by Gasteiger charge is -2.17. The Morgan fingerprint density at radius 2 is 1.96 bits per heavy atom. The normalized spacial score (nSPS) is 14.8. The van der Waals surface area contributed by atoms with Crippen molar-refractivity contribution >= 4 is 23.4 Å². The number of unbranched alkanes of at least 4 members (excludes halogenated alkanes) is 1. The van der Waals surface area contributed by atoms with E-state index in [0.29, 0.717) is 16.8 Å². The van der Waals surface area contributed by atoms with Crippen molar-refractivity contribution in [2.75, 3.05) is 0 Å². The third-order valence-electron chi connectivity index (χ3n) is 5.13. The van der Waals surface area contributed by atoms with Crippen molar-refractivity contribution in [3.05, 3.63) is 35.1 Å². The van der Waals surface area contributed by atoms with Crippen molar-refractivity contribution in [2.24, 2.45) is 0 Å². The number of hydrogen-bond acceptors (Lipinski definition) is 6. The van der Waals surface area contributed by atoms with Crippen molar-refractivity contribution in [1.82, 2.24) is 35.0 Å². The van der Waals surface area contributed by atoms with Gasteiger partial charge in [0.25, 0.3) is 0 Å². The Kier molecular flexibility index (Phi) is 6.26. The minimum absolute atomic E-state index is 0.417. The van der Waals surface area contributed by atoms with Crippen molar-refractivity contribution in [1.29, 1.82) is 0 Å². The van der Waals surface area contributed by atoms with E-state index < -0.39 is 0 Å². The van der Waals surface area contributed by atoms with Crippen molar-refractivity contribution in [3.8, 4) is 11.4 Å². The highest BCUT2D eigenvalue weighted by molar-refractivity contribution is 7.98. The fourth-order valence-corrected chi connectivity index (χ4v) is 4.79. The standard InChI is InChI=1S/C19H24ClN7S/c1-2-3-12-26-17(21-24-25-26)13-28-19-23-22-18(15-10-6-7-11-16(15)20)27(19)14-8-4-5-9-14/h6-7,10-11,14H,2-5,8-9,12-13H2,1H3. The molecule has 1 aliphatic rings. The molecule has 0 amide bonds. The maximum Gasteiger partial charge on any atom is 0.192 e. The maximum atomic E-state index is 6.46. The zero-order chi connectivity index (χ0) is 19.3. The summed E-state index contributed by atoms with van der Waals surface area (Å²) < 4.78 is 4.17. The van der Waals surface area contributed by atoms with Gasteiger partial charge in [0.2, 0.25) is 0 Å². The van der Waals surface area contributed by atoms with Crippen LogP contribution in [0.3, 0.4) is 0 Å². The van der Waals surface area contributed by atoms with Gasteiger partial charge in [0.15, 0.2) is 16.8 Å². The quantitative estimate of drug-likeness (QED) is 0.490. The summed E-state index contributed by atoms with van der Waals surface area (Å²) in [6, 6.07) is 8.26. The molecule has 0 spiro atoms. The van der Waals surface area contributed by atoms with Crippen LogP contribution in [0.5, 0.6) is 0 Å². The van der Waals surface area contributed by atoms with Crippen LogP contribution in [0.4, 0.5) is 0 Å². The number of tetrazole rings is 1. The fourth-order valence-electron chi connectivity index (χ4n) is 3.63. The topological polar surface area (TPSA) is 74.3 Å². The highest BCUT2D eigenvalue weighted by atomic mass is 35.5. The molecule has 148 valence electrons. The second-order valence-electron chi connectivity index (χ2n) is 7.05. The largest absolute Gasteiger partial charge is 0.299 e. The van der Waals surface area contributed by atoms with Crippen LogP contribution in [0.2, 0.25) is 5.02 Å². The molecule has 0 N–H and O–H groups in total. The van der Waals surface area contributed by atoms with Crippen LogP contribution in [0, 0.1) is 0 Å². The third kappa shape index (κ3) is 4.07. The number of nitrogens with zero attached hydrogens (tertiary/aromatic N) is 7. The predicted molar refractivity (Wildman–Crippen MR) is 110 cm³/mol. The smallest absolute Gasteiger partial charge is 0.192 e. The number of halogens is 1. The summed E-state index contributed by atoms with van der Waals surface area (Å²) in [5.41, 5.74) is 0.934. The molecule has 0 saturated heterocycles. The van der Waals surface area contributed by atoms with E-state index in [4.69, 9.17) is 11.6 Å². The molecule has 0 radical (unpaired) electrons. The van der Waals surface area contributed by atoms with Crippen LogP contribution in [-0.4, -0.2) is 35.0 Å². The Balaban J connectivity index is 1.61. The van der Waals surface area contributed by atoms with Gasteiger partial charge in [-0.15, -0.1) is 15.3 Å². The molecule has 0 atom stereocenters. The second-order valence-corrected chi connectivity index (χ2v) is 8.40. The Bertz CT molecular complexity index is 917. The molecule has 1 aromatic carbocycles. The lowest BCUT2D eigenvalue weighted by molar-refractivity contribution is 0.485. The van der Waals surface area contributed by atoms with Gasteiger partial charge in [-0.3, -0.25) is 4.57 Å². The van der Waals surface area contributed by atoms with Crippen molar-refractivity contribution in [2.45, 2.75) is 68.9 Å². The molecular weight excluding hydrogens is 394 g/mol. The average molecular weight is 418 g/mol. The number of benzene rings is 1. The molecule has 28 heavy (non-hydrogen) atoms. The Hall–Kier alpha value is -1.93. The second kappa shape index (κ2) is 9.05. The van der Waals surface area contributed by atoms with E-state index in [1.807, 2.05) is 28.9 Å². The number of hydrogen-bond donors (Lipinski definition) is 0. The summed E-state index contributed by atoms with van der Waals surface area (Å²) in [5, 5.41) is 22.8. The molecule has 0 unspecified atom stereocenters. The summed E-state index contributed by atoms with van der Waals surface area (Å²) in [7, 11) is 0. The number of thioether (sulfide) groups is 1. The molecular formula is C19H24ClN7S. The molecule has 2 aromatic heterocycles. The molecule has 3 aromatic rings. The molecule has 1 aliphatic carbocycles. The van der Waals surface area contributed by atoms with E-state index in [2.05, 4.69) is 37.2 Å².